The summed E-state index contributed by atoms with van der Waals surface area (Å²) in [6.45, 7) is 4.16. The van der Waals surface area contributed by atoms with Gasteiger partial charge < -0.3 is 10.6 Å². The Bertz CT molecular complexity index is 562. The minimum absolute atomic E-state index is 0.0353. The minimum atomic E-state index is -0.537. The fourth-order valence-electron chi connectivity index (χ4n) is 1.53. The number of carbonyl (C=O) groups excluding carboxylic acids is 1. The number of nitrogens with zero attached hydrogens (tertiary/aromatic N) is 5. The van der Waals surface area contributed by atoms with E-state index in [0.717, 1.165) is 0 Å². The lowest BCUT2D eigenvalue weighted by Gasteiger charge is -2.23. The van der Waals surface area contributed by atoms with E-state index in [-0.39, 0.29) is 5.91 Å². The Morgan fingerprint density at radius 3 is 2.94 bits per heavy atom. The molecule has 8 nitrogen and oxygen atoms in total. The molecular formula is C10H15N7O. The van der Waals surface area contributed by atoms with Gasteiger partial charge in [-0.1, -0.05) is 0 Å². The second kappa shape index (κ2) is 4.55. The van der Waals surface area contributed by atoms with E-state index in [4.69, 9.17) is 0 Å². The lowest BCUT2D eigenvalue weighted by molar-refractivity contribution is -0.128. The Balaban J connectivity index is 2.15. The predicted molar refractivity (Wildman–Crippen MR) is 64.9 cm³/mol. The number of fused-ring (bicyclic) bond motifs is 1. The molecule has 0 saturated heterocycles. The average Bonchev–Trinajstić information content (AvgIpc) is 2.84. The molecule has 0 atom stereocenters. The van der Waals surface area contributed by atoms with Crippen LogP contribution in [-0.4, -0.2) is 44.5 Å². The summed E-state index contributed by atoms with van der Waals surface area (Å²) >= 11 is 0. The van der Waals surface area contributed by atoms with Gasteiger partial charge in [0.1, 0.15) is 5.82 Å². The van der Waals surface area contributed by atoms with Crippen molar-refractivity contribution in [1.82, 2.24) is 30.3 Å². The largest absolute Gasteiger partial charge is 0.368 e. The van der Waals surface area contributed by atoms with Crippen molar-refractivity contribution in [3.8, 4) is 0 Å². The monoisotopic (exact) mass is 249 g/mol. The van der Waals surface area contributed by atoms with Crippen molar-refractivity contribution >= 4 is 17.4 Å². The molecule has 0 aliphatic rings. The van der Waals surface area contributed by atoms with Crippen LogP contribution in [0.2, 0.25) is 0 Å². The fourth-order valence-corrected chi connectivity index (χ4v) is 1.53. The highest BCUT2D eigenvalue weighted by Gasteiger charge is 2.26. The maximum atomic E-state index is 11.7. The number of tetrazole rings is 1. The second-order valence-corrected chi connectivity index (χ2v) is 4.56. The number of rotatable bonds is 4. The summed E-state index contributed by atoms with van der Waals surface area (Å²) in [5, 5.41) is 17.0. The molecule has 0 aromatic carbocycles. The molecule has 0 fully saturated rings. The first-order chi connectivity index (χ1) is 8.54. The Hall–Kier alpha value is -2.25. The number of carbonyl (C=O) groups is 1. The number of hydrogen-bond acceptors (Lipinski definition) is 6. The van der Waals surface area contributed by atoms with Crippen molar-refractivity contribution in [3.05, 3.63) is 12.4 Å². The third-order valence-electron chi connectivity index (χ3n) is 2.66. The van der Waals surface area contributed by atoms with Gasteiger partial charge in [0.05, 0.1) is 17.8 Å². The van der Waals surface area contributed by atoms with E-state index < -0.39 is 5.41 Å². The highest BCUT2D eigenvalue weighted by atomic mass is 16.2. The second-order valence-electron chi connectivity index (χ2n) is 4.56. The number of anilines is 1. The number of nitrogens with one attached hydrogen (secondary N) is 2. The molecule has 0 bridgehead atoms. The van der Waals surface area contributed by atoms with Crippen LogP contribution < -0.4 is 10.6 Å². The zero-order valence-electron chi connectivity index (χ0n) is 10.5. The predicted octanol–water partition coefficient (Wildman–Crippen LogP) is -0.297. The SMILES string of the molecule is CNC(=O)C(C)(C)CNc1cncc2nnnn12. The van der Waals surface area contributed by atoms with Gasteiger partial charge in [0.25, 0.3) is 0 Å². The zero-order valence-corrected chi connectivity index (χ0v) is 10.5. The van der Waals surface area contributed by atoms with Crippen molar-refractivity contribution in [2.75, 3.05) is 18.9 Å². The van der Waals surface area contributed by atoms with Crippen LogP contribution in [0.4, 0.5) is 5.82 Å². The van der Waals surface area contributed by atoms with Gasteiger partial charge in [-0.2, -0.15) is 4.52 Å². The van der Waals surface area contributed by atoms with Gasteiger partial charge in [-0.25, -0.2) is 0 Å². The molecule has 2 heterocycles. The van der Waals surface area contributed by atoms with E-state index in [2.05, 4.69) is 31.1 Å². The van der Waals surface area contributed by atoms with Crippen LogP contribution in [-0.2, 0) is 4.79 Å². The van der Waals surface area contributed by atoms with E-state index in [9.17, 15) is 4.79 Å². The maximum absolute atomic E-state index is 11.7. The Kier molecular flexibility index (Phi) is 3.09. The smallest absolute Gasteiger partial charge is 0.227 e. The highest BCUT2D eigenvalue weighted by Crippen LogP contribution is 2.16. The Morgan fingerprint density at radius 1 is 1.44 bits per heavy atom. The lowest BCUT2D eigenvalue weighted by Crippen LogP contribution is -2.39. The van der Waals surface area contributed by atoms with Gasteiger partial charge >= 0.3 is 0 Å². The molecule has 0 radical (unpaired) electrons. The molecule has 1 amide bonds. The molecular weight excluding hydrogens is 234 g/mol. The van der Waals surface area contributed by atoms with Gasteiger partial charge in [-0.15, -0.1) is 5.10 Å². The van der Waals surface area contributed by atoms with E-state index in [1.165, 1.54) is 4.52 Å². The lowest BCUT2D eigenvalue weighted by atomic mass is 9.92. The molecule has 0 aliphatic carbocycles. The van der Waals surface area contributed by atoms with E-state index >= 15 is 0 Å². The van der Waals surface area contributed by atoms with Crippen molar-refractivity contribution in [2.24, 2.45) is 5.41 Å². The fraction of sp³-hybridized carbons (Fsp3) is 0.500. The number of hydrogen-bond donors (Lipinski definition) is 2. The van der Waals surface area contributed by atoms with Gasteiger partial charge in [0, 0.05) is 13.6 Å². The molecule has 2 aromatic rings. The quantitative estimate of drug-likeness (QED) is 0.772. The molecule has 18 heavy (non-hydrogen) atoms. The highest BCUT2D eigenvalue weighted by molar-refractivity contribution is 5.82. The molecule has 8 heteroatoms. The summed E-state index contributed by atoms with van der Waals surface area (Å²) in [5.74, 6) is 0.612. The van der Waals surface area contributed by atoms with Crippen LogP contribution >= 0.6 is 0 Å². The molecule has 0 unspecified atom stereocenters. The first kappa shape index (κ1) is 12.2. The van der Waals surface area contributed by atoms with Crippen LogP contribution in [0, 0.1) is 5.41 Å². The summed E-state index contributed by atoms with van der Waals surface area (Å²) in [6, 6.07) is 0. The van der Waals surface area contributed by atoms with Crippen LogP contribution in [0.25, 0.3) is 5.65 Å². The van der Waals surface area contributed by atoms with Crippen molar-refractivity contribution in [1.29, 1.82) is 0 Å². The van der Waals surface area contributed by atoms with Crippen LogP contribution in [0.3, 0.4) is 0 Å². The number of amides is 1. The minimum Gasteiger partial charge on any atom is -0.368 e. The Labute approximate surface area is 104 Å². The van der Waals surface area contributed by atoms with Crippen LogP contribution in [0.5, 0.6) is 0 Å². The average molecular weight is 249 g/mol. The van der Waals surface area contributed by atoms with E-state index in [0.29, 0.717) is 18.0 Å². The van der Waals surface area contributed by atoms with Gasteiger partial charge in [-0.05, 0) is 24.3 Å². The normalized spacial score (nSPS) is 11.5. The molecule has 96 valence electrons. The van der Waals surface area contributed by atoms with Crippen LogP contribution in [0.1, 0.15) is 13.8 Å². The summed E-state index contributed by atoms with van der Waals surface area (Å²) in [4.78, 5) is 15.7. The molecule has 2 aromatic heterocycles. The molecule has 0 saturated carbocycles. The summed E-state index contributed by atoms with van der Waals surface area (Å²) in [6.07, 6.45) is 3.18. The third-order valence-corrected chi connectivity index (χ3v) is 2.66. The van der Waals surface area contributed by atoms with Crippen molar-refractivity contribution in [3.63, 3.8) is 0 Å². The molecule has 0 spiro atoms. The summed E-state index contributed by atoms with van der Waals surface area (Å²) in [5.41, 5.74) is 0.0167. The van der Waals surface area contributed by atoms with Gasteiger partial charge in [0.15, 0.2) is 5.65 Å². The van der Waals surface area contributed by atoms with E-state index in [1.54, 1.807) is 19.4 Å². The topological polar surface area (TPSA) is 97.1 Å². The maximum Gasteiger partial charge on any atom is 0.227 e. The summed E-state index contributed by atoms with van der Waals surface area (Å²) < 4.78 is 1.53. The van der Waals surface area contributed by atoms with Crippen molar-refractivity contribution in [2.45, 2.75) is 13.8 Å². The Morgan fingerprint density at radius 2 is 2.22 bits per heavy atom. The van der Waals surface area contributed by atoms with E-state index in [1.807, 2.05) is 13.8 Å². The zero-order chi connectivity index (χ0) is 13.2. The standard InChI is InChI=1S/C10H15N7O/c1-10(2,9(18)11-3)6-13-7-4-12-5-8-14-15-16-17(7)8/h4-5,13H,6H2,1-3H3,(H,11,18). The summed E-state index contributed by atoms with van der Waals surface area (Å²) in [7, 11) is 1.62. The molecule has 2 N–H and O–H groups in total. The first-order valence-corrected chi connectivity index (χ1v) is 5.53. The molecule has 2 rings (SSSR count). The van der Waals surface area contributed by atoms with Gasteiger partial charge in [-0.3, -0.25) is 9.78 Å². The molecule has 0 aliphatic heterocycles. The van der Waals surface area contributed by atoms with Crippen molar-refractivity contribution < 1.29 is 4.79 Å². The third kappa shape index (κ3) is 2.22. The first-order valence-electron chi connectivity index (χ1n) is 5.53. The van der Waals surface area contributed by atoms with Gasteiger partial charge in [0.2, 0.25) is 5.91 Å². The van der Waals surface area contributed by atoms with Crippen LogP contribution in [0.15, 0.2) is 12.4 Å². The number of aromatic nitrogens is 5.